The Labute approximate surface area is 177 Å². The van der Waals surface area contributed by atoms with Gasteiger partial charge >= 0.3 is 0 Å². The second-order valence-corrected chi connectivity index (χ2v) is 8.42. The molecule has 28 heavy (non-hydrogen) atoms. The summed E-state index contributed by atoms with van der Waals surface area (Å²) in [6.45, 7) is 4.70. The van der Waals surface area contributed by atoms with Crippen LogP contribution in [0.5, 0.6) is 0 Å². The number of nitrogens with two attached hydrogens (primary N) is 1. The summed E-state index contributed by atoms with van der Waals surface area (Å²) in [6, 6.07) is 13.9. The number of hydrogen-bond donors (Lipinski definition) is 1. The molecule has 0 bridgehead atoms. The number of halogens is 1. The number of nitrogens with zero attached hydrogens (tertiary/aromatic N) is 4. The van der Waals surface area contributed by atoms with Gasteiger partial charge < -0.3 is 10.7 Å². The normalized spacial score (nSPS) is 10.9. The first-order valence-electron chi connectivity index (χ1n) is 8.75. The van der Waals surface area contributed by atoms with Crippen molar-refractivity contribution >= 4 is 33.6 Å². The molecular weight excluding hydrogens is 438 g/mol. The van der Waals surface area contributed by atoms with Gasteiger partial charge in [0.25, 0.3) is 0 Å². The second kappa shape index (κ2) is 8.79. The summed E-state index contributed by atoms with van der Waals surface area (Å²) in [5, 5.41) is 8.80. The molecule has 0 aliphatic heterocycles. The van der Waals surface area contributed by atoms with Gasteiger partial charge in [0.15, 0.2) is 5.82 Å². The maximum absolute atomic E-state index is 12.5. The van der Waals surface area contributed by atoms with E-state index in [4.69, 9.17) is 5.84 Å². The summed E-state index contributed by atoms with van der Waals surface area (Å²) in [5.41, 5.74) is 4.40. The minimum Gasteiger partial charge on any atom is -0.341 e. The van der Waals surface area contributed by atoms with Crippen molar-refractivity contribution in [2.75, 3.05) is 18.6 Å². The third-order valence-electron chi connectivity index (χ3n) is 4.44. The lowest BCUT2D eigenvalue weighted by Gasteiger charge is -2.18. The van der Waals surface area contributed by atoms with Gasteiger partial charge in [-0.05, 0) is 37.1 Å². The highest BCUT2D eigenvalue weighted by atomic mass is 79.9. The molecule has 0 aliphatic carbocycles. The fourth-order valence-electron chi connectivity index (χ4n) is 2.81. The van der Waals surface area contributed by atoms with Crippen molar-refractivity contribution in [1.82, 2.24) is 19.8 Å². The monoisotopic (exact) mass is 459 g/mol. The van der Waals surface area contributed by atoms with E-state index >= 15 is 0 Å². The van der Waals surface area contributed by atoms with Gasteiger partial charge in [-0.15, -0.1) is 10.2 Å². The first-order valence-corrected chi connectivity index (χ1v) is 10.5. The van der Waals surface area contributed by atoms with Crippen LogP contribution in [0.1, 0.15) is 16.7 Å². The van der Waals surface area contributed by atoms with Gasteiger partial charge in [0.2, 0.25) is 11.1 Å². The zero-order chi connectivity index (χ0) is 20.3. The van der Waals surface area contributed by atoms with E-state index in [0.717, 1.165) is 15.6 Å². The summed E-state index contributed by atoms with van der Waals surface area (Å²) >= 11 is 4.78. The highest BCUT2D eigenvalue weighted by molar-refractivity contribution is 9.10. The predicted molar refractivity (Wildman–Crippen MR) is 116 cm³/mol. The Balaban J connectivity index is 1.64. The average Bonchev–Trinajstić information content (AvgIpc) is 3.02. The van der Waals surface area contributed by atoms with Gasteiger partial charge in [0.1, 0.15) is 0 Å². The number of rotatable bonds is 6. The number of carbonyl (C=O) groups excluding carboxylic acids is 1. The van der Waals surface area contributed by atoms with Crippen LogP contribution in [-0.4, -0.2) is 38.5 Å². The number of amides is 1. The number of benzene rings is 2. The Kier molecular flexibility index (Phi) is 6.41. The van der Waals surface area contributed by atoms with Crippen LogP contribution in [0.15, 0.2) is 52.1 Å². The molecule has 3 rings (SSSR count). The van der Waals surface area contributed by atoms with E-state index in [2.05, 4.69) is 58.2 Å². The highest BCUT2D eigenvalue weighted by Crippen LogP contribution is 2.28. The van der Waals surface area contributed by atoms with Crippen molar-refractivity contribution < 1.29 is 4.79 Å². The number of aryl methyl sites for hydroxylation is 2. The van der Waals surface area contributed by atoms with Crippen LogP contribution in [0.25, 0.3) is 11.4 Å². The molecule has 8 heteroatoms. The molecule has 0 saturated carbocycles. The fourth-order valence-corrected chi connectivity index (χ4v) is 4.06. The van der Waals surface area contributed by atoms with Gasteiger partial charge in [-0.25, -0.2) is 4.68 Å². The van der Waals surface area contributed by atoms with E-state index in [-0.39, 0.29) is 11.7 Å². The quantitative estimate of drug-likeness (QED) is 0.448. The van der Waals surface area contributed by atoms with Crippen LogP contribution >= 0.6 is 27.7 Å². The van der Waals surface area contributed by atoms with Crippen LogP contribution < -0.4 is 5.84 Å². The van der Waals surface area contributed by atoms with Crippen molar-refractivity contribution in [3.63, 3.8) is 0 Å². The van der Waals surface area contributed by atoms with Crippen molar-refractivity contribution in [3.05, 3.63) is 63.6 Å². The molecule has 146 valence electrons. The molecule has 0 radical (unpaired) electrons. The zero-order valence-corrected chi connectivity index (χ0v) is 18.4. The smallest absolute Gasteiger partial charge is 0.233 e. The van der Waals surface area contributed by atoms with Crippen molar-refractivity contribution in [1.29, 1.82) is 0 Å². The van der Waals surface area contributed by atoms with Crippen LogP contribution in [0, 0.1) is 13.8 Å². The number of nitrogen functional groups attached to an aromatic ring is 1. The van der Waals surface area contributed by atoms with E-state index in [1.807, 2.05) is 31.3 Å². The van der Waals surface area contributed by atoms with Crippen LogP contribution in [-0.2, 0) is 11.3 Å². The summed E-state index contributed by atoms with van der Waals surface area (Å²) in [6.07, 6.45) is 0. The summed E-state index contributed by atoms with van der Waals surface area (Å²) in [7, 11) is 1.81. The van der Waals surface area contributed by atoms with Gasteiger partial charge in [0.05, 0.1) is 5.75 Å². The molecule has 6 nitrogen and oxygen atoms in total. The molecule has 1 heterocycles. The van der Waals surface area contributed by atoms with E-state index < -0.39 is 0 Å². The minimum atomic E-state index is 0.00965. The molecule has 3 aromatic rings. The van der Waals surface area contributed by atoms with Crippen LogP contribution in [0.2, 0.25) is 0 Å². The SMILES string of the molecule is Cc1ccc(CN(C)C(=O)CSc2nnc(-c3ccccc3Br)n2N)c(C)c1. The van der Waals surface area contributed by atoms with Gasteiger partial charge in [-0.1, -0.05) is 63.6 Å². The minimum absolute atomic E-state index is 0.00965. The lowest BCUT2D eigenvalue weighted by molar-refractivity contribution is -0.127. The third-order valence-corrected chi connectivity index (χ3v) is 6.05. The van der Waals surface area contributed by atoms with E-state index in [0.29, 0.717) is 17.5 Å². The van der Waals surface area contributed by atoms with Crippen LogP contribution in [0.3, 0.4) is 0 Å². The molecule has 0 spiro atoms. The first kappa shape index (κ1) is 20.4. The average molecular weight is 460 g/mol. The maximum Gasteiger partial charge on any atom is 0.233 e. The van der Waals surface area contributed by atoms with Crippen molar-refractivity contribution in [2.24, 2.45) is 0 Å². The van der Waals surface area contributed by atoms with Gasteiger partial charge in [-0.2, -0.15) is 0 Å². The van der Waals surface area contributed by atoms with Crippen molar-refractivity contribution in [3.8, 4) is 11.4 Å². The van der Waals surface area contributed by atoms with Crippen LogP contribution in [0.4, 0.5) is 0 Å². The maximum atomic E-state index is 12.5. The molecule has 2 aromatic carbocycles. The Morgan fingerprint density at radius 1 is 1.21 bits per heavy atom. The molecule has 1 aromatic heterocycles. The number of carbonyl (C=O) groups is 1. The summed E-state index contributed by atoms with van der Waals surface area (Å²) < 4.78 is 2.30. The molecule has 0 saturated heterocycles. The molecule has 0 aliphatic rings. The first-order chi connectivity index (χ1) is 13.4. The number of aromatic nitrogens is 3. The Bertz CT molecular complexity index is 1000. The Hall–Kier alpha value is -2.32. The van der Waals surface area contributed by atoms with Gasteiger partial charge in [-0.3, -0.25) is 4.79 Å². The molecular formula is C20H22BrN5OS. The van der Waals surface area contributed by atoms with E-state index in [9.17, 15) is 4.79 Å². The lowest BCUT2D eigenvalue weighted by atomic mass is 10.1. The fraction of sp³-hybridized carbons (Fsp3) is 0.250. The largest absolute Gasteiger partial charge is 0.341 e. The standard InChI is InChI=1S/C20H22BrN5OS/c1-13-8-9-15(14(2)10-13)11-25(3)18(27)12-28-20-24-23-19(26(20)22)16-6-4-5-7-17(16)21/h4-10H,11-12,22H2,1-3H3. The second-order valence-electron chi connectivity index (χ2n) is 6.62. The molecule has 1 amide bonds. The number of thioether (sulfide) groups is 1. The predicted octanol–water partition coefficient (Wildman–Crippen LogP) is 3.79. The molecule has 0 unspecified atom stereocenters. The lowest BCUT2D eigenvalue weighted by Crippen LogP contribution is -2.28. The Morgan fingerprint density at radius 3 is 2.68 bits per heavy atom. The molecule has 2 N–H and O–H groups in total. The van der Waals surface area contributed by atoms with E-state index in [1.165, 1.54) is 27.6 Å². The zero-order valence-electron chi connectivity index (χ0n) is 16.0. The number of hydrogen-bond acceptors (Lipinski definition) is 5. The summed E-state index contributed by atoms with van der Waals surface area (Å²) in [5.74, 6) is 6.95. The van der Waals surface area contributed by atoms with E-state index in [1.54, 1.807) is 4.90 Å². The topological polar surface area (TPSA) is 77.0 Å². The highest BCUT2D eigenvalue weighted by Gasteiger charge is 2.17. The Morgan fingerprint density at radius 2 is 1.96 bits per heavy atom. The molecule has 0 fully saturated rings. The summed E-state index contributed by atoms with van der Waals surface area (Å²) in [4.78, 5) is 14.3. The van der Waals surface area contributed by atoms with Crippen molar-refractivity contribution in [2.45, 2.75) is 25.5 Å². The molecule has 0 atom stereocenters. The third kappa shape index (κ3) is 4.56. The van der Waals surface area contributed by atoms with Gasteiger partial charge in [0, 0.05) is 23.6 Å².